The summed E-state index contributed by atoms with van der Waals surface area (Å²) < 4.78 is 6.06. The van der Waals surface area contributed by atoms with Crippen molar-refractivity contribution in [3.63, 3.8) is 0 Å². The van der Waals surface area contributed by atoms with Crippen molar-refractivity contribution < 1.29 is 9.53 Å². The monoisotopic (exact) mass is 363 g/mol. The molecule has 5 heteroatoms. The molecule has 4 aliphatic rings. The van der Waals surface area contributed by atoms with Gasteiger partial charge in [0.15, 0.2) is 0 Å². The number of benzene rings is 1. The van der Waals surface area contributed by atoms with Gasteiger partial charge >= 0.3 is 6.09 Å². The van der Waals surface area contributed by atoms with Gasteiger partial charge in [0.2, 0.25) is 0 Å². The number of amides is 1. The van der Waals surface area contributed by atoms with Crippen molar-refractivity contribution in [1.29, 1.82) is 0 Å². The molecule has 2 bridgehead atoms. The Labute approximate surface area is 159 Å². The summed E-state index contributed by atoms with van der Waals surface area (Å²) in [7, 11) is 0. The van der Waals surface area contributed by atoms with Crippen molar-refractivity contribution in [2.75, 3.05) is 26.2 Å². The predicted molar refractivity (Wildman–Crippen MR) is 102 cm³/mol. The summed E-state index contributed by atoms with van der Waals surface area (Å²) in [5, 5.41) is 0. The Morgan fingerprint density at radius 1 is 1.04 bits per heavy atom. The minimum atomic E-state index is -0.176. The zero-order valence-corrected chi connectivity index (χ0v) is 15.5. The second kappa shape index (κ2) is 6.97. The molecular formula is C22H25N3O2. The number of aromatic nitrogens is 1. The molecule has 3 fully saturated rings. The van der Waals surface area contributed by atoms with E-state index in [-0.39, 0.29) is 18.2 Å². The van der Waals surface area contributed by atoms with Crippen LogP contribution in [0.2, 0.25) is 0 Å². The molecule has 6 rings (SSSR count). The van der Waals surface area contributed by atoms with Crippen molar-refractivity contribution >= 4 is 6.09 Å². The van der Waals surface area contributed by atoms with Crippen LogP contribution in [-0.2, 0) is 11.2 Å². The summed E-state index contributed by atoms with van der Waals surface area (Å²) in [4.78, 5) is 21.7. The van der Waals surface area contributed by atoms with Gasteiger partial charge in [-0.1, -0.05) is 24.3 Å². The molecule has 0 saturated carbocycles. The van der Waals surface area contributed by atoms with Crippen LogP contribution in [0.15, 0.2) is 48.8 Å². The maximum absolute atomic E-state index is 13.2. The first-order valence-electron chi connectivity index (χ1n) is 9.97. The molecular weight excluding hydrogens is 338 g/mol. The molecule has 140 valence electrons. The molecule has 0 radical (unpaired) electrons. The second-order valence-corrected chi connectivity index (χ2v) is 7.89. The van der Waals surface area contributed by atoms with Crippen LogP contribution in [0.25, 0.3) is 0 Å². The Morgan fingerprint density at radius 3 is 2.56 bits per heavy atom. The fourth-order valence-corrected chi connectivity index (χ4v) is 4.91. The Kier molecular flexibility index (Phi) is 4.32. The number of carbonyl (C=O) groups is 1. The summed E-state index contributed by atoms with van der Waals surface area (Å²) in [5.41, 5.74) is 3.59. The van der Waals surface area contributed by atoms with Gasteiger partial charge in [0.25, 0.3) is 0 Å². The number of carbonyl (C=O) groups excluding carboxylic acids is 1. The van der Waals surface area contributed by atoms with E-state index in [0.717, 1.165) is 44.5 Å². The predicted octanol–water partition coefficient (Wildman–Crippen LogP) is 3.26. The van der Waals surface area contributed by atoms with Gasteiger partial charge in [0.05, 0.1) is 6.04 Å². The van der Waals surface area contributed by atoms with E-state index in [4.69, 9.17) is 4.74 Å². The van der Waals surface area contributed by atoms with E-state index >= 15 is 0 Å². The van der Waals surface area contributed by atoms with Crippen molar-refractivity contribution in [1.82, 2.24) is 14.8 Å². The summed E-state index contributed by atoms with van der Waals surface area (Å²) >= 11 is 0. The molecule has 27 heavy (non-hydrogen) atoms. The van der Waals surface area contributed by atoms with Gasteiger partial charge in [0, 0.05) is 25.5 Å². The summed E-state index contributed by atoms with van der Waals surface area (Å²) in [5.74, 6) is 0.524. The zero-order chi connectivity index (χ0) is 18.2. The summed E-state index contributed by atoms with van der Waals surface area (Å²) in [6.45, 7) is 3.87. The average Bonchev–Trinajstić information content (AvgIpc) is 2.74. The standard InChI is InChI=1S/C22H25N3O2/c26-22(27-20-15-24-12-7-17(20)8-13-24)25-14-9-16-3-1-2-4-19(16)21(25)18-5-10-23-11-6-18/h1-6,10-11,17,20-21H,7-9,12-15H2/t20-,21+/m0/s1. The number of fused-ring (bicyclic) bond motifs is 4. The normalized spacial score (nSPS) is 29.3. The number of hydrogen-bond acceptors (Lipinski definition) is 4. The maximum atomic E-state index is 13.2. The van der Waals surface area contributed by atoms with Crippen molar-refractivity contribution in [3.8, 4) is 0 Å². The Bertz CT molecular complexity index is 817. The highest BCUT2D eigenvalue weighted by molar-refractivity contribution is 5.70. The first-order valence-corrected chi connectivity index (χ1v) is 9.97. The highest BCUT2D eigenvalue weighted by atomic mass is 16.6. The Hall–Kier alpha value is -2.40. The number of rotatable bonds is 2. The summed E-state index contributed by atoms with van der Waals surface area (Å²) in [6.07, 6.45) is 6.61. The van der Waals surface area contributed by atoms with E-state index in [0.29, 0.717) is 12.5 Å². The fraction of sp³-hybridized carbons (Fsp3) is 0.455. The molecule has 1 amide bonds. The lowest BCUT2D eigenvalue weighted by atomic mass is 9.86. The highest BCUT2D eigenvalue weighted by Crippen LogP contribution is 2.36. The third-order valence-electron chi connectivity index (χ3n) is 6.39. The first kappa shape index (κ1) is 16.8. The zero-order valence-electron chi connectivity index (χ0n) is 15.5. The third-order valence-corrected chi connectivity index (χ3v) is 6.39. The van der Waals surface area contributed by atoms with Gasteiger partial charge in [0.1, 0.15) is 6.10 Å². The first-order chi connectivity index (χ1) is 13.3. The molecule has 5 nitrogen and oxygen atoms in total. The lowest BCUT2D eigenvalue weighted by molar-refractivity contribution is -0.0462. The molecule has 4 aliphatic heterocycles. The van der Waals surface area contributed by atoms with Gasteiger partial charge < -0.3 is 4.74 Å². The van der Waals surface area contributed by atoms with Crippen molar-refractivity contribution in [2.45, 2.75) is 31.4 Å². The molecule has 0 spiro atoms. The van der Waals surface area contributed by atoms with Gasteiger partial charge in [-0.3, -0.25) is 14.8 Å². The maximum Gasteiger partial charge on any atom is 0.410 e. The largest absolute Gasteiger partial charge is 0.444 e. The van der Waals surface area contributed by atoms with Gasteiger partial charge in [-0.05, 0) is 67.1 Å². The highest BCUT2D eigenvalue weighted by Gasteiger charge is 2.39. The van der Waals surface area contributed by atoms with Crippen molar-refractivity contribution in [3.05, 3.63) is 65.5 Å². The fourth-order valence-electron chi connectivity index (χ4n) is 4.91. The molecule has 0 aliphatic carbocycles. The average molecular weight is 363 g/mol. The van der Waals surface area contributed by atoms with Crippen LogP contribution < -0.4 is 0 Å². The van der Waals surface area contributed by atoms with Crippen LogP contribution in [0.5, 0.6) is 0 Å². The smallest absolute Gasteiger partial charge is 0.410 e. The Balaban J connectivity index is 1.43. The lowest BCUT2D eigenvalue weighted by Crippen LogP contribution is -2.53. The second-order valence-electron chi connectivity index (χ2n) is 7.89. The molecule has 0 unspecified atom stereocenters. The van der Waals surface area contributed by atoms with Gasteiger partial charge in [-0.15, -0.1) is 0 Å². The number of pyridine rings is 1. The molecule has 1 aromatic carbocycles. The molecule has 5 heterocycles. The van der Waals surface area contributed by atoms with E-state index in [1.807, 2.05) is 17.0 Å². The van der Waals surface area contributed by atoms with Crippen LogP contribution >= 0.6 is 0 Å². The van der Waals surface area contributed by atoms with Gasteiger partial charge in [-0.2, -0.15) is 0 Å². The van der Waals surface area contributed by atoms with E-state index in [2.05, 4.69) is 34.1 Å². The van der Waals surface area contributed by atoms with Crippen LogP contribution in [0.4, 0.5) is 4.79 Å². The van der Waals surface area contributed by atoms with E-state index in [9.17, 15) is 4.79 Å². The minimum absolute atomic E-state index is 0.0373. The molecule has 1 aromatic heterocycles. The minimum Gasteiger partial charge on any atom is -0.444 e. The van der Waals surface area contributed by atoms with E-state index < -0.39 is 0 Å². The summed E-state index contributed by atoms with van der Waals surface area (Å²) in [6, 6.07) is 12.3. The number of piperidine rings is 3. The van der Waals surface area contributed by atoms with Crippen LogP contribution in [0.1, 0.15) is 35.6 Å². The topological polar surface area (TPSA) is 45.7 Å². The Morgan fingerprint density at radius 2 is 1.81 bits per heavy atom. The molecule has 2 aromatic rings. The number of ether oxygens (including phenoxy) is 1. The van der Waals surface area contributed by atoms with Crippen LogP contribution in [-0.4, -0.2) is 53.2 Å². The van der Waals surface area contributed by atoms with E-state index in [1.165, 1.54) is 11.1 Å². The number of nitrogens with zero attached hydrogens (tertiary/aromatic N) is 3. The SMILES string of the molecule is O=C(O[C@H]1CN2CCC1CC2)N1CCc2ccccc2[C@H]1c1ccncc1. The van der Waals surface area contributed by atoms with Crippen molar-refractivity contribution in [2.24, 2.45) is 5.92 Å². The van der Waals surface area contributed by atoms with Crippen LogP contribution in [0, 0.1) is 5.92 Å². The lowest BCUT2D eigenvalue weighted by Gasteiger charge is -2.45. The third kappa shape index (κ3) is 3.10. The molecule has 0 N–H and O–H groups in total. The quantitative estimate of drug-likeness (QED) is 0.822. The van der Waals surface area contributed by atoms with E-state index in [1.54, 1.807) is 12.4 Å². The number of hydrogen-bond donors (Lipinski definition) is 0. The van der Waals surface area contributed by atoms with Crippen LogP contribution in [0.3, 0.4) is 0 Å². The molecule has 3 saturated heterocycles. The van der Waals surface area contributed by atoms with Gasteiger partial charge in [-0.25, -0.2) is 4.79 Å². The molecule has 2 atom stereocenters.